The number of carboxylic acids is 1. The number of fused-ring (bicyclic) bond motifs is 1. The number of thiazole rings is 1. The fraction of sp³-hybridized carbons (Fsp3) is 0.158. The maximum atomic E-state index is 11.3. The molecule has 2 N–H and O–H groups in total. The number of nitrogens with one attached hydrogen (secondary N) is 1. The first-order chi connectivity index (χ1) is 13.0. The number of hydrogen-bond donors (Lipinski definition) is 2. The van der Waals surface area contributed by atoms with Crippen LogP contribution in [0, 0.1) is 10.1 Å². The van der Waals surface area contributed by atoms with Gasteiger partial charge >= 0.3 is 5.97 Å². The lowest BCUT2D eigenvalue weighted by Gasteiger charge is -2.06. The Hall–Kier alpha value is -3.26. The number of nitrogens with zero attached hydrogens (tertiary/aromatic N) is 2. The minimum atomic E-state index is -0.904. The Labute approximate surface area is 159 Å². The molecule has 8 heteroatoms. The van der Waals surface area contributed by atoms with Gasteiger partial charge in [0.05, 0.1) is 15.1 Å². The zero-order chi connectivity index (χ0) is 19.4. The van der Waals surface area contributed by atoms with Gasteiger partial charge in [-0.1, -0.05) is 18.2 Å². The summed E-state index contributed by atoms with van der Waals surface area (Å²) < 4.78 is 1.00. The summed E-state index contributed by atoms with van der Waals surface area (Å²) in [7, 11) is 1.62. The molecule has 0 saturated carbocycles. The van der Waals surface area contributed by atoms with Crippen LogP contribution in [-0.2, 0) is 4.79 Å². The Morgan fingerprint density at radius 2 is 2.07 bits per heavy atom. The predicted molar refractivity (Wildman–Crippen MR) is 107 cm³/mol. The van der Waals surface area contributed by atoms with Crippen LogP contribution in [0.4, 0.5) is 11.4 Å². The fourth-order valence-electron chi connectivity index (χ4n) is 2.69. The van der Waals surface area contributed by atoms with Gasteiger partial charge in [-0.2, -0.15) is 0 Å². The van der Waals surface area contributed by atoms with Gasteiger partial charge in [-0.05, 0) is 41.8 Å². The largest absolute Gasteiger partial charge is 0.481 e. The first-order valence-electron chi connectivity index (χ1n) is 8.22. The van der Waals surface area contributed by atoms with Crippen LogP contribution in [0.3, 0.4) is 0 Å². The lowest BCUT2D eigenvalue weighted by molar-refractivity contribution is -0.383. The smallest absolute Gasteiger partial charge is 0.303 e. The SMILES string of the molecule is CNc1ccc(/C=C(/CCC(=O)O)c2nc3ccccc3s2)cc1[N+](=O)[O-]. The third-order valence-corrected chi connectivity index (χ3v) is 5.12. The van der Waals surface area contributed by atoms with E-state index in [-0.39, 0.29) is 18.5 Å². The molecule has 27 heavy (non-hydrogen) atoms. The van der Waals surface area contributed by atoms with Crippen LogP contribution >= 0.6 is 11.3 Å². The molecule has 138 valence electrons. The molecule has 1 aromatic heterocycles. The number of aliphatic carboxylic acids is 1. The summed E-state index contributed by atoms with van der Waals surface area (Å²) in [6.07, 6.45) is 2.02. The van der Waals surface area contributed by atoms with Gasteiger partial charge in [0, 0.05) is 19.5 Å². The average Bonchev–Trinajstić information content (AvgIpc) is 3.08. The van der Waals surface area contributed by atoms with Gasteiger partial charge in [0.25, 0.3) is 5.69 Å². The molecule has 0 bridgehead atoms. The van der Waals surface area contributed by atoms with Crippen molar-refractivity contribution in [2.24, 2.45) is 0 Å². The van der Waals surface area contributed by atoms with E-state index in [1.807, 2.05) is 24.3 Å². The summed E-state index contributed by atoms with van der Waals surface area (Å²) in [4.78, 5) is 26.5. The van der Waals surface area contributed by atoms with Crippen molar-refractivity contribution >= 4 is 50.5 Å². The van der Waals surface area contributed by atoms with Crippen molar-refractivity contribution < 1.29 is 14.8 Å². The number of rotatable bonds is 7. The molecule has 2 aromatic carbocycles. The van der Waals surface area contributed by atoms with Gasteiger partial charge in [-0.3, -0.25) is 14.9 Å². The van der Waals surface area contributed by atoms with Crippen molar-refractivity contribution in [3.05, 3.63) is 63.1 Å². The number of aromatic nitrogens is 1. The number of nitro benzene ring substituents is 1. The van der Waals surface area contributed by atoms with Gasteiger partial charge in [-0.25, -0.2) is 4.98 Å². The number of anilines is 1. The third kappa shape index (κ3) is 4.29. The second kappa shape index (κ2) is 7.96. The molecular weight excluding hydrogens is 366 g/mol. The van der Waals surface area contributed by atoms with Crippen molar-refractivity contribution in [3.63, 3.8) is 0 Å². The molecule has 0 saturated heterocycles. The molecule has 0 aliphatic carbocycles. The summed E-state index contributed by atoms with van der Waals surface area (Å²) >= 11 is 1.48. The molecule has 0 radical (unpaired) electrons. The van der Waals surface area contributed by atoms with E-state index in [2.05, 4.69) is 10.3 Å². The lowest BCUT2D eigenvalue weighted by Crippen LogP contribution is -1.97. The maximum absolute atomic E-state index is 11.3. The molecule has 1 heterocycles. The van der Waals surface area contributed by atoms with Crippen LogP contribution in [-0.4, -0.2) is 28.0 Å². The Morgan fingerprint density at radius 3 is 2.74 bits per heavy atom. The van der Waals surface area contributed by atoms with E-state index in [1.54, 1.807) is 25.3 Å². The van der Waals surface area contributed by atoms with Gasteiger partial charge < -0.3 is 10.4 Å². The van der Waals surface area contributed by atoms with E-state index in [4.69, 9.17) is 5.11 Å². The van der Waals surface area contributed by atoms with Gasteiger partial charge in [0.1, 0.15) is 10.7 Å². The Kier molecular flexibility index (Phi) is 5.46. The highest BCUT2D eigenvalue weighted by Gasteiger charge is 2.15. The molecule has 0 aliphatic rings. The fourth-order valence-corrected chi connectivity index (χ4v) is 3.70. The Morgan fingerprint density at radius 1 is 1.30 bits per heavy atom. The van der Waals surface area contributed by atoms with Gasteiger partial charge in [0.2, 0.25) is 0 Å². The molecule has 7 nitrogen and oxygen atoms in total. The molecule has 0 fully saturated rings. The van der Waals surface area contributed by atoms with Crippen LogP contribution in [0.5, 0.6) is 0 Å². The summed E-state index contributed by atoms with van der Waals surface area (Å²) in [5.74, 6) is -0.904. The first kappa shape index (κ1) is 18.5. The third-order valence-electron chi connectivity index (χ3n) is 4.01. The van der Waals surface area contributed by atoms with E-state index >= 15 is 0 Å². The number of benzene rings is 2. The molecule has 0 atom stereocenters. The Balaban J connectivity index is 2.05. The van der Waals surface area contributed by atoms with E-state index < -0.39 is 10.9 Å². The molecule has 0 unspecified atom stereocenters. The predicted octanol–water partition coefficient (Wildman–Crippen LogP) is 4.65. The molecular formula is C19H17N3O4S. The number of nitro groups is 1. The van der Waals surface area contributed by atoms with Crippen molar-refractivity contribution in [2.75, 3.05) is 12.4 Å². The summed E-state index contributed by atoms with van der Waals surface area (Å²) in [6.45, 7) is 0. The van der Waals surface area contributed by atoms with Crippen molar-refractivity contribution in [1.82, 2.24) is 4.98 Å². The van der Waals surface area contributed by atoms with Gasteiger partial charge in [-0.15, -0.1) is 11.3 Å². The van der Waals surface area contributed by atoms with Crippen LogP contribution in [0.25, 0.3) is 21.9 Å². The molecule has 0 spiro atoms. The number of carboxylic acid groups (broad SMARTS) is 1. The topological polar surface area (TPSA) is 105 Å². The molecule has 0 aliphatic heterocycles. The zero-order valence-corrected chi connectivity index (χ0v) is 15.3. The zero-order valence-electron chi connectivity index (χ0n) is 14.5. The second-order valence-corrected chi connectivity index (χ2v) is 6.86. The summed E-state index contributed by atoms with van der Waals surface area (Å²) in [6, 6.07) is 12.5. The number of allylic oxidation sites excluding steroid dienone is 1. The highest BCUT2D eigenvalue weighted by Crippen LogP contribution is 2.32. The first-order valence-corrected chi connectivity index (χ1v) is 9.04. The average molecular weight is 383 g/mol. The maximum Gasteiger partial charge on any atom is 0.303 e. The van der Waals surface area contributed by atoms with E-state index in [9.17, 15) is 14.9 Å². The van der Waals surface area contributed by atoms with E-state index in [1.165, 1.54) is 17.4 Å². The second-order valence-electron chi connectivity index (χ2n) is 5.83. The molecule has 3 rings (SSSR count). The number of para-hydroxylation sites is 1. The summed E-state index contributed by atoms with van der Waals surface area (Å²) in [5, 5.41) is 23.9. The highest BCUT2D eigenvalue weighted by atomic mass is 32.1. The van der Waals surface area contributed by atoms with Crippen LogP contribution in [0.1, 0.15) is 23.4 Å². The van der Waals surface area contributed by atoms with Crippen molar-refractivity contribution in [3.8, 4) is 0 Å². The van der Waals surface area contributed by atoms with Crippen molar-refractivity contribution in [1.29, 1.82) is 0 Å². The van der Waals surface area contributed by atoms with Gasteiger partial charge in [0.15, 0.2) is 0 Å². The number of hydrogen-bond acceptors (Lipinski definition) is 6. The Bertz CT molecular complexity index is 1010. The molecule has 3 aromatic rings. The molecule has 0 amide bonds. The quantitative estimate of drug-likeness (QED) is 0.454. The summed E-state index contributed by atoms with van der Waals surface area (Å²) in [5.41, 5.74) is 2.60. The number of carbonyl (C=O) groups is 1. The van der Waals surface area contributed by atoms with E-state index in [0.29, 0.717) is 11.3 Å². The normalized spacial score (nSPS) is 11.5. The van der Waals surface area contributed by atoms with Crippen LogP contribution in [0.15, 0.2) is 42.5 Å². The van der Waals surface area contributed by atoms with Crippen molar-refractivity contribution in [2.45, 2.75) is 12.8 Å². The minimum Gasteiger partial charge on any atom is -0.481 e. The van der Waals surface area contributed by atoms with Crippen LogP contribution < -0.4 is 5.32 Å². The standard InChI is InChI=1S/C19H17N3O4S/c1-20-14-8-6-12(11-16(14)22(25)26)10-13(7-9-18(23)24)19-21-15-4-2-3-5-17(15)27-19/h2-6,8,10-11,20H,7,9H2,1H3,(H,23,24)/b13-10-. The minimum absolute atomic E-state index is 0.0341. The lowest BCUT2D eigenvalue weighted by atomic mass is 10.1. The highest BCUT2D eigenvalue weighted by molar-refractivity contribution is 7.19. The van der Waals surface area contributed by atoms with E-state index in [0.717, 1.165) is 20.8 Å². The monoisotopic (exact) mass is 383 g/mol. The van der Waals surface area contributed by atoms with Crippen LogP contribution in [0.2, 0.25) is 0 Å².